The van der Waals surface area contributed by atoms with Gasteiger partial charge >= 0.3 is 0 Å². The van der Waals surface area contributed by atoms with Gasteiger partial charge in [-0.3, -0.25) is 13.9 Å². The molecule has 1 saturated carbocycles. The average Bonchev–Trinajstić information content (AvgIpc) is 2.96. The molecule has 1 atom stereocenters. The summed E-state index contributed by atoms with van der Waals surface area (Å²) >= 11 is 0. The fourth-order valence-corrected chi connectivity index (χ4v) is 5.70. The van der Waals surface area contributed by atoms with Crippen molar-refractivity contribution in [3.63, 3.8) is 0 Å². The third kappa shape index (κ3) is 8.08. The third-order valence-electron chi connectivity index (χ3n) is 7.10. The van der Waals surface area contributed by atoms with Crippen molar-refractivity contribution in [3.05, 3.63) is 90.5 Å². The maximum Gasteiger partial charge on any atom is 0.244 e. The number of nitrogens with one attached hydrogen (secondary N) is 1. The van der Waals surface area contributed by atoms with E-state index < -0.39 is 28.5 Å². The molecule has 1 fully saturated rings. The van der Waals surface area contributed by atoms with E-state index in [0.29, 0.717) is 17.2 Å². The van der Waals surface area contributed by atoms with Crippen molar-refractivity contribution in [1.29, 1.82) is 0 Å². The highest BCUT2D eigenvalue weighted by atomic mass is 32.2. The first-order chi connectivity index (χ1) is 19.2. The Morgan fingerprint density at radius 2 is 1.45 bits per heavy atom. The van der Waals surface area contributed by atoms with Crippen LogP contribution in [0.4, 0.5) is 5.69 Å². The van der Waals surface area contributed by atoms with Crippen molar-refractivity contribution in [2.75, 3.05) is 17.1 Å². The average molecular weight is 564 g/mol. The normalized spacial score (nSPS) is 14.7. The molecule has 0 spiro atoms. The van der Waals surface area contributed by atoms with E-state index in [1.54, 1.807) is 31.2 Å². The van der Waals surface area contributed by atoms with Crippen LogP contribution in [-0.4, -0.2) is 50.0 Å². The molecule has 3 aromatic carbocycles. The van der Waals surface area contributed by atoms with Crippen molar-refractivity contribution in [2.45, 2.75) is 57.7 Å². The Labute approximate surface area is 237 Å². The molecule has 0 aliphatic heterocycles. The fraction of sp³-hybridized carbons (Fsp3) is 0.355. The topological polar surface area (TPSA) is 96.0 Å². The maximum absolute atomic E-state index is 13.7. The summed E-state index contributed by atoms with van der Waals surface area (Å²) in [5.74, 6) is 0.491. The van der Waals surface area contributed by atoms with Gasteiger partial charge in [0, 0.05) is 12.6 Å². The first kappa shape index (κ1) is 29.1. The minimum Gasteiger partial charge on any atom is -0.457 e. The summed E-state index contributed by atoms with van der Waals surface area (Å²) < 4.78 is 32.5. The molecular weight excluding hydrogens is 526 g/mol. The first-order valence-electron chi connectivity index (χ1n) is 13.6. The molecule has 0 heterocycles. The number of carbonyl (C=O) groups is 2. The van der Waals surface area contributed by atoms with E-state index in [4.69, 9.17) is 4.74 Å². The van der Waals surface area contributed by atoms with E-state index >= 15 is 0 Å². The lowest BCUT2D eigenvalue weighted by molar-refractivity contribution is -0.139. The molecule has 1 aliphatic rings. The standard InChI is InChI=1S/C31H37N3O5S/c1-24(31(36)32-26-14-8-4-9-15-26)33(22-25-12-6-3-7-13-25)30(35)23-34(40(2,37)38)27-18-20-29(21-19-27)39-28-16-10-5-11-17-28/h3,5-7,10-13,16-21,24,26H,4,8-9,14-15,22-23H2,1-2H3,(H,32,36). The molecule has 3 aromatic rings. The van der Waals surface area contributed by atoms with E-state index in [2.05, 4.69) is 5.32 Å². The zero-order chi connectivity index (χ0) is 28.5. The minimum atomic E-state index is -3.82. The number of para-hydroxylation sites is 1. The summed E-state index contributed by atoms with van der Waals surface area (Å²) in [6, 6.07) is 24.5. The predicted octanol–water partition coefficient (Wildman–Crippen LogP) is 5.11. The van der Waals surface area contributed by atoms with Crippen LogP contribution in [0.5, 0.6) is 11.5 Å². The van der Waals surface area contributed by atoms with Crippen LogP contribution < -0.4 is 14.4 Å². The van der Waals surface area contributed by atoms with E-state index in [9.17, 15) is 18.0 Å². The van der Waals surface area contributed by atoms with Gasteiger partial charge in [-0.05, 0) is 61.7 Å². The Balaban J connectivity index is 1.53. The Bertz CT molecular complexity index is 1360. The Hall–Kier alpha value is -3.85. The molecule has 4 rings (SSSR count). The Kier molecular flexibility index (Phi) is 9.82. The molecule has 0 saturated heterocycles. The number of benzene rings is 3. The molecule has 9 heteroatoms. The van der Waals surface area contributed by atoms with E-state index in [1.807, 2.05) is 60.7 Å². The van der Waals surface area contributed by atoms with Crippen LogP contribution in [0.1, 0.15) is 44.6 Å². The highest BCUT2D eigenvalue weighted by Crippen LogP contribution is 2.26. The van der Waals surface area contributed by atoms with Crippen LogP contribution in [0.25, 0.3) is 0 Å². The van der Waals surface area contributed by atoms with E-state index in [0.717, 1.165) is 41.8 Å². The van der Waals surface area contributed by atoms with Crippen LogP contribution in [0, 0.1) is 0 Å². The summed E-state index contributed by atoms with van der Waals surface area (Å²) in [7, 11) is -3.82. The molecule has 1 aliphatic carbocycles. The van der Waals surface area contributed by atoms with Gasteiger partial charge in [-0.25, -0.2) is 8.42 Å². The van der Waals surface area contributed by atoms with Crippen molar-refractivity contribution in [3.8, 4) is 11.5 Å². The molecule has 8 nitrogen and oxygen atoms in total. The third-order valence-corrected chi connectivity index (χ3v) is 8.24. The smallest absolute Gasteiger partial charge is 0.244 e. The van der Waals surface area contributed by atoms with Gasteiger partial charge in [0.1, 0.15) is 24.1 Å². The molecule has 0 bridgehead atoms. The van der Waals surface area contributed by atoms with Gasteiger partial charge in [0.2, 0.25) is 21.8 Å². The fourth-order valence-electron chi connectivity index (χ4n) is 4.85. The van der Waals surface area contributed by atoms with Crippen LogP contribution >= 0.6 is 0 Å². The summed E-state index contributed by atoms with van der Waals surface area (Å²) in [6.45, 7) is 1.44. The zero-order valence-electron chi connectivity index (χ0n) is 23.0. The predicted molar refractivity (Wildman–Crippen MR) is 157 cm³/mol. The SMILES string of the molecule is CC(C(=O)NC1CCCCC1)N(Cc1ccccc1)C(=O)CN(c1ccc(Oc2ccccc2)cc1)S(C)(=O)=O. The minimum absolute atomic E-state index is 0.0986. The van der Waals surface area contributed by atoms with E-state index in [-0.39, 0.29) is 18.5 Å². The van der Waals surface area contributed by atoms with Crippen molar-refractivity contribution < 1.29 is 22.7 Å². The van der Waals surface area contributed by atoms with Gasteiger partial charge in [0.05, 0.1) is 11.9 Å². The molecule has 212 valence electrons. The number of carbonyl (C=O) groups excluding carboxylic acids is 2. The number of ether oxygens (including phenoxy) is 1. The molecular formula is C31H37N3O5S. The molecule has 40 heavy (non-hydrogen) atoms. The van der Waals surface area contributed by atoms with Crippen LogP contribution in [0.15, 0.2) is 84.9 Å². The van der Waals surface area contributed by atoms with Crippen LogP contribution in [-0.2, 0) is 26.2 Å². The lowest BCUT2D eigenvalue weighted by Gasteiger charge is -2.33. The van der Waals surface area contributed by atoms with Crippen molar-refractivity contribution in [1.82, 2.24) is 10.2 Å². The second-order valence-corrected chi connectivity index (χ2v) is 12.1. The quantitative estimate of drug-likeness (QED) is 0.350. The second-order valence-electron chi connectivity index (χ2n) is 10.2. The number of hydrogen-bond acceptors (Lipinski definition) is 5. The molecule has 0 radical (unpaired) electrons. The number of hydrogen-bond donors (Lipinski definition) is 1. The lowest BCUT2D eigenvalue weighted by Crippen LogP contribution is -2.52. The molecule has 0 aromatic heterocycles. The summed E-state index contributed by atoms with van der Waals surface area (Å²) in [4.78, 5) is 28.4. The van der Waals surface area contributed by atoms with Gasteiger partial charge in [-0.1, -0.05) is 67.8 Å². The molecule has 2 amide bonds. The molecule has 1 N–H and O–H groups in total. The summed E-state index contributed by atoms with van der Waals surface area (Å²) in [5.41, 5.74) is 1.18. The van der Waals surface area contributed by atoms with Crippen molar-refractivity contribution in [2.24, 2.45) is 0 Å². The number of anilines is 1. The highest BCUT2D eigenvalue weighted by molar-refractivity contribution is 7.92. The highest BCUT2D eigenvalue weighted by Gasteiger charge is 2.31. The van der Waals surface area contributed by atoms with Gasteiger partial charge in [0.15, 0.2) is 0 Å². The maximum atomic E-state index is 13.7. The van der Waals surface area contributed by atoms with Gasteiger partial charge in [0.25, 0.3) is 0 Å². The largest absolute Gasteiger partial charge is 0.457 e. The number of nitrogens with zero attached hydrogens (tertiary/aromatic N) is 2. The number of amides is 2. The first-order valence-corrected chi connectivity index (χ1v) is 15.5. The summed E-state index contributed by atoms with van der Waals surface area (Å²) in [5, 5.41) is 3.10. The van der Waals surface area contributed by atoms with Crippen molar-refractivity contribution >= 4 is 27.5 Å². The van der Waals surface area contributed by atoms with Gasteiger partial charge in [-0.15, -0.1) is 0 Å². The molecule has 1 unspecified atom stereocenters. The van der Waals surface area contributed by atoms with Gasteiger partial charge in [-0.2, -0.15) is 0 Å². The van der Waals surface area contributed by atoms with Crippen LogP contribution in [0.2, 0.25) is 0 Å². The monoisotopic (exact) mass is 563 g/mol. The van der Waals surface area contributed by atoms with Crippen LogP contribution in [0.3, 0.4) is 0 Å². The summed E-state index contributed by atoms with van der Waals surface area (Å²) in [6.07, 6.45) is 6.24. The number of rotatable bonds is 11. The Morgan fingerprint density at radius 3 is 2.05 bits per heavy atom. The number of sulfonamides is 1. The Morgan fingerprint density at radius 1 is 0.875 bits per heavy atom. The lowest BCUT2D eigenvalue weighted by atomic mass is 9.95. The van der Waals surface area contributed by atoms with Gasteiger partial charge < -0.3 is 15.0 Å². The zero-order valence-corrected chi connectivity index (χ0v) is 23.8. The second kappa shape index (κ2) is 13.5. The van der Waals surface area contributed by atoms with E-state index in [1.165, 1.54) is 11.3 Å².